The second kappa shape index (κ2) is 12.9. The minimum Gasteiger partial charge on any atom is -0.304 e. The molecule has 0 aromatic rings. The van der Waals surface area contributed by atoms with Gasteiger partial charge < -0.3 is 9.80 Å². The van der Waals surface area contributed by atoms with Crippen LogP contribution in [0.3, 0.4) is 0 Å². The van der Waals surface area contributed by atoms with E-state index in [2.05, 4.69) is 16.7 Å². The van der Waals surface area contributed by atoms with E-state index in [4.69, 9.17) is 0 Å². The van der Waals surface area contributed by atoms with Gasteiger partial charge in [0, 0.05) is 6.54 Å². The van der Waals surface area contributed by atoms with Gasteiger partial charge in [-0.3, -0.25) is 0 Å². The standard InChI is InChI=1S/C13H26N2.2C2H6/c1-2-14-10-6-13(7-11-14)12-15-8-4-3-5-9-15;2*1-2/h13H,2-12H2,1H3;2*1-2H3. The zero-order chi connectivity index (χ0) is 14.5. The van der Waals surface area contributed by atoms with Gasteiger partial charge in [0.05, 0.1) is 0 Å². The second-order valence-corrected chi connectivity index (χ2v) is 5.24. The molecule has 19 heavy (non-hydrogen) atoms. The Labute approximate surface area is 122 Å². The molecule has 0 aromatic carbocycles. The minimum absolute atomic E-state index is 0.992. The predicted octanol–water partition coefficient (Wildman–Crippen LogP) is 4.26. The van der Waals surface area contributed by atoms with Gasteiger partial charge in [0.2, 0.25) is 0 Å². The third kappa shape index (κ3) is 7.94. The van der Waals surface area contributed by atoms with Crippen LogP contribution in [0.5, 0.6) is 0 Å². The van der Waals surface area contributed by atoms with Gasteiger partial charge in [0.1, 0.15) is 0 Å². The molecule has 2 saturated heterocycles. The number of hydrogen-bond acceptors (Lipinski definition) is 2. The minimum atomic E-state index is 0.992. The fourth-order valence-corrected chi connectivity index (χ4v) is 2.99. The first-order valence-electron chi connectivity index (χ1n) is 8.83. The first kappa shape index (κ1) is 18.9. The lowest BCUT2D eigenvalue weighted by atomic mass is 9.95. The van der Waals surface area contributed by atoms with Crippen molar-refractivity contribution < 1.29 is 0 Å². The van der Waals surface area contributed by atoms with Crippen LogP contribution in [-0.2, 0) is 0 Å². The Kier molecular flexibility index (Phi) is 12.9. The lowest BCUT2D eigenvalue weighted by molar-refractivity contribution is 0.135. The van der Waals surface area contributed by atoms with Crippen LogP contribution in [0, 0.1) is 5.92 Å². The summed E-state index contributed by atoms with van der Waals surface area (Å²) in [6, 6.07) is 0. The average molecular weight is 271 g/mol. The first-order chi connectivity index (χ1) is 9.38. The zero-order valence-electron chi connectivity index (χ0n) is 14.2. The van der Waals surface area contributed by atoms with Crippen LogP contribution >= 0.6 is 0 Å². The van der Waals surface area contributed by atoms with Gasteiger partial charge in [0.25, 0.3) is 0 Å². The molecule has 2 heterocycles. The third-order valence-corrected chi connectivity index (χ3v) is 4.12. The molecule has 2 aliphatic rings. The summed E-state index contributed by atoms with van der Waals surface area (Å²) in [6.45, 7) is 18.3. The van der Waals surface area contributed by atoms with E-state index in [0.717, 1.165) is 5.92 Å². The lowest BCUT2D eigenvalue weighted by Crippen LogP contribution is -2.40. The van der Waals surface area contributed by atoms with Crippen molar-refractivity contribution in [3.05, 3.63) is 0 Å². The molecule has 0 bridgehead atoms. The summed E-state index contributed by atoms with van der Waals surface area (Å²) in [5.41, 5.74) is 0. The van der Waals surface area contributed by atoms with Gasteiger partial charge in [-0.05, 0) is 64.3 Å². The van der Waals surface area contributed by atoms with Gasteiger partial charge in [-0.2, -0.15) is 0 Å². The number of likely N-dealkylation sites (tertiary alicyclic amines) is 2. The molecular formula is C17H38N2. The first-order valence-corrected chi connectivity index (χ1v) is 8.83. The van der Waals surface area contributed by atoms with Crippen molar-refractivity contribution in [3.63, 3.8) is 0 Å². The molecule has 0 spiro atoms. The smallest absolute Gasteiger partial charge is 0.00106 e. The van der Waals surface area contributed by atoms with Gasteiger partial charge in [-0.1, -0.05) is 41.0 Å². The van der Waals surface area contributed by atoms with Crippen LogP contribution in [0.15, 0.2) is 0 Å². The molecule has 0 amide bonds. The summed E-state index contributed by atoms with van der Waals surface area (Å²) in [5.74, 6) is 0.992. The van der Waals surface area contributed by atoms with Gasteiger partial charge in [-0.15, -0.1) is 0 Å². The summed E-state index contributed by atoms with van der Waals surface area (Å²) in [5, 5.41) is 0. The van der Waals surface area contributed by atoms with Crippen molar-refractivity contribution >= 4 is 0 Å². The van der Waals surface area contributed by atoms with E-state index < -0.39 is 0 Å². The van der Waals surface area contributed by atoms with Crippen molar-refractivity contribution in [2.24, 2.45) is 5.92 Å². The fraction of sp³-hybridized carbons (Fsp3) is 1.00. The summed E-state index contributed by atoms with van der Waals surface area (Å²) in [4.78, 5) is 5.29. The van der Waals surface area contributed by atoms with Crippen LogP contribution in [-0.4, -0.2) is 49.1 Å². The van der Waals surface area contributed by atoms with Crippen molar-refractivity contribution in [2.45, 2.75) is 66.7 Å². The Morgan fingerprint density at radius 3 is 1.74 bits per heavy atom. The average Bonchev–Trinajstić information content (AvgIpc) is 2.53. The summed E-state index contributed by atoms with van der Waals surface area (Å²) < 4.78 is 0. The molecular weight excluding hydrogens is 232 g/mol. The van der Waals surface area contributed by atoms with E-state index in [1.807, 2.05) is 27.7 Å². The van der Waals surface area contributed by atoms with Crippen LogP contribution in [0.1, 0.15) is 66.7 Å². The zero-order valence-corrected chi connectivity index (χ0v) is 14.2. The molecule has 2 heteroatoms. The molecule has 0 atom stereocenters. The summed E-state index contributed by atoms with van der Waals surface area (Å²) >= 11 is 0. The van der Waals surface area contributed by atoms with Crippen molar-refractivity contribution in [1.82, 2.24) is 9.80 Å². The van der Waals surface area contributed by atoms with Gasteiger partial charge >= 0.3 is 0 Å². The maximum absolute atomic E-state index is 2.70. The number of hydrogen-bond donors (Lipinski definition) is 0. The molecule has 0 radical (unpaired) electrons. The number of piperidine rings is 2. The van der Waals surface area contributed by atoms with E-state index in [0.29, 0.717) is 0 Å². The molecule has 2 fully saturated rings. The maximum atomic E-state index is 2.70. The summed E-state index contributed by atoms with van der Waals surface area (Å²) in [6.07, 6.45) is 7.21. The van der Waals surface area contributed by atoms with E-state index in [1.54, 1.807) is 0 Å². The highest BCUT2D eigenvalue weighted by atomic mass is 15.1. The Bertz CT molecular complexity index is 168. The van der Waals surface area contributed by atoms with Crippen molar-refractivity contribution in [2.75, 3.05) is 39.3 Å². The Hall–Kier alpha value is -0.0800. The normalized spacial score (nSPS) is 21.9. The highest BCUT2D eigenvalue weighted by Crippen LogP contribution is 2.20. The Balaban J connectivity index is 0.000000741. The molecule has 0 unspecified atom stereocenters. The number of rotatable bonds is 3. The summed E-state index contributed by atoms with van der Waals surface area (Å²) in [7, 11) is 0. The van der Waals surface area contributed by atoms with Crippen LogP contribution in [0.2, 0.25) is 0 Å². The molecule has 0 aromatic heterocycles. The topological polar surface area (TPSA) is 6.48 Å². The monoisotopic (exact) mass is 270 g/mol. The van der Waals surface area contributed by atoms with Crippen LogP contribution in [0.25, 0.3) is 0 Å². The quantitative estimate of drug-likeness (QED) is 0.756. The predicted molar refractivity (Wildman–Crippen MR) is 87.8 cm³/mol. The highest BCUT2D eigenvalue weighted by Gasteiger charge is 2.21. The maximum Gasteiger partial charge on any atom is 0.00106 e. The van der Waals surface area contributed by atoms with E-state index >= 15 is 0 Å². The van der Waals surface area contributed by atoms with Gasteiger partial charge in [0.15, 0.2) is 0 Å². The van der Waals surface area contributed by atoms with Crippen LogP contribution < -0.4 is 0 Å². The van der Waals surface area contributed by atoms with E-state index in [-0.39, 0.29) is 0 Å². The Morgan fingerprint density at radius 2 is 1.26 bits per heavy atom. The SMILES string of the molecule is CC.CC.CCN1CCC(CN2CCCCC2)CC1. The van der Waals surface area contributed by atoms with E-state index in [1.165, 1.54) is 71.4 Å². The molecule has 0 N–H and O–H groups in total. The lowest BCUT2D eigenvalue weighted by Gasteiger charge is -2.35. The van der Waals surface area contributed by atoms with Crippen molar-refractivity contribution in [3.8, 4) is 0 Å². The highest BCUT2D eigenvalue weighted by molar-refractivity contribution is 4.75. The fourth-order valence-electron chi connectivity index (χ4n) is 2.99. The van der Waals surface area contributed by atoms with Crippen LogP contribution in [0.4, 0.5) is 0 Å². The second-order valence-electron chi connectivity index (χ2n) is 5.24. The van der Waals surface area contributed by atoms with Gasteiger partial charge in [-0.25, -0.2) is 0 Å². The van der Waals surface area contributed by atoms with Crippen molar-refractivity contribution in [1.29, 1.82) is 0 Å². The largest absolute Gasteiger partial charge is 0.304 e. The molecule has 116 valence electrons. The molecule has 0 saturated carbocycles. The van der Waals surface area contributed by atoms with E-state index in [9.17, 15) is 0 Å². The molecule has 2 rings (SSSR count). The third-order valence-electron chi connectivity index (χ3n) is 4.12. The Morgan fingerprint density at radius 1 is 0.737 bits per heavy atom. The molecule has 2 aliphatic heterocycles. The molecule has 0 aliphatic carbocycles. The molecule has 2 nitrogen and oxygen atoms in total. The number of nitrogens with zero attached hydrogens (tertiary/aromatic N) is 2.